The molecular weight excluding hydrogens is 432 g/mol. The van der Waals surface area contributed by atoms with E-state index in [9.17, 15) is 10.2 Å². The number of hydrogen-bond donors (Lipinski definition) is 3. The van der Waals surface area contributed by atoms with Crippen LogP contribution in [0.4, 0.5) is 11.4 Å². The Morgan fingerprint density at radius 1 is 0.970 bits per heavy atom. The van der Waals surface area contributed by atoms with Crippen molar-refractivity contribution < 1.29 is 14.8 Å². The number of rotatable bonds is 13. The van der Waals surface area contributed by atoms with Crippen molar-refractivity contribution in [2.75, 3.05) is 48.8 Å². The number of thioether (sulfide) groups is 1. The molecule has 0 spiro atoms. The third-order valence-corrected chi connectivity index (χ3v) is 6.70. The van der Waals surface area contributed by atoms with Gasteiger partial charge in [0.25, 0.3) is 0 Å². The van der Waals surface area contributed by atoms with Crippen molar-refractivity contribution in [3.05, 3.63) is 72.1 Å². The van der Waals surface area contributed by atoms with Crippen LogP contribution in [0, 0.1) is 0 Å². The van der Waals surface area contributed by atoms with Gasteiger partial charge in [-0.15, -0.1) is 0 Å². The molecule has 0 unspecified atom stereocenters. The molecule has 0 saturated carbocycles. The Morgan fingerprint density at radius 3 is 2.12 bits per heavy atom. The molecule has 6 nitrogen and oxygen atoms in total. The number of benzene rings is 2. The number of aromatic nitrogens is 2. The molecule has 1 heterocycles. The van der Waals surface area contributed by atoms with Crippen molar-refractivity contribution in [2.24, 2.45) is 14.1 Å². The molecule has 0 aliphatic heterocycles. The molecule has 0 aliphatic rings. The summed E-state index contributed by atoms with van der Waals surface area (Å²) in [6, 6.07) is 16.6. The van der Waals surface area contributed by atoms with Gasteiger partial charge in [-0.05, 0) is 53.6 Å². The van der Waals surface area contributed by atoms with Crippen molar-refractivity contribution in [1.82, 2.24) is 4.57 Å². The summed E-state index contributed by atoms with van der Waals surface area (Å²) in [4.78, 5) is 1.97. The summed E-state index contributed by atoms with van der Waals surface area (Å²) >= 11 is 1.88. The van der Waals surface area contributed by atoms with Gasteiger partial charge in [-0.1, -0.05) is 36.4 Å². The van der Waals surface area contributed by atoms with E-state index in [1.807, 2.05) is 28.8 Å². The molecule has 176 valence electrons. The first-order valence-electron chi connectivity index (χ1n) is 11.3. The number of imidazole rings is 1. The quantitative estimate of drug-likeness (QED) is 0.156. The molecule has 7 heteroatoms. The van der Waals surface area contributed by atoms with Gasteiger partial charge in [0.15, 0.2) is 0 Å². The maximum atomic E-state index is 9.19. The van der Waals surface area contributed by atoms with E-state index in [4.69, 9.17) is 0 Å². The first-order valence-corrected chi connectivity index (χ1v) is 12.3. The zero-order chi connectivity index (χ0) is 23.5. The van der Waals surface area contributed by atoms with Gasteiger partial charge in [-0.25, -0.2) is 9.13 Å². The van der Waals surface area contributed by atoms with Crippen LogP contribution in [0.1, 0.15) is 17.5 Å². The average molecular weight is 468 g/mol. The Balaban J connectivity index is 1.44. The molecule has 3 aromatic rings. The second-order valence-corrected chi connectivity index (χ2v) is 8.97. The first kappa shape index (κ1) is 24.9. The summed E-state index contributed by atoms with van der Waals surface area (Å²) in [6.07, 6.45) is 9.46. The summed E-state index contributed by atoms with van der Waals surface area (Å²) in [5, 5.41) is 23.2. The van der Waals surface area contributed by atoms with Gasteiger partial charge < -0.3 is 20.4 Å². The van der Waals surface area contributed by atoms with Crippen LogP contribution in [-0.2, 0) is 14.1 Å². The maximum absolute atomic E-state index is 9.19. The van der Waals surface area contributed by atoms with Crippen molar-refractivity contribution in [1.29, 1.82) is 0 Å². The lowest BCUT2D eigenvalue weighted by Gasteiger charge is -2.22. The number of aryl methyl sites for hydroxylation is 2. The van der Waals surface area contributed by atoms with Crippen LogP contribution in [0.5, 0.6) is 0 Å². The van der Waals surface area contributed by atoms with Crippen molar-refractivity contribution >= 4 is 35.3 Å². The van der Waals surface area contributed by atoms with Gasteiger partial charge in [0.2, 0.25) is 0 Å². The van der Waals surface area contributed by atoms with E-state index in [0.717, 1.165) is 41.2 Å². The summed E-state index contributed by atoms with van der Waals surface area (Å²) in [5.41, 5.74) is 4.40. The highest BCUT2D eigenvalue weighted by Crippen LogP contribution is 2.18. The number of hydrogen-bond acceptors (Lipinski definition) is 5. The second-order valence-electron chi connectivity index (χ2n) is 7.91. The van der Waals surface area contributed by atoms with E-state index < -0.39 is 0 Å². The standard InChI is InChI=1S/C26H35N4O2S/c1-28-15-16-29(2)26(28)33-21-3-14-27-24-10-6-22(7-11-24)4-5-23-8-12-25(13-9-23)30(17-19-31)18-20-32/h4-13,15-16,27,31-32H,3,14,17-21H2,1-2H3/q+1. The molecule has 1 aromatic heterocycles. The van der Waals surface area contributed by atoms with E-state index in [2.05, 4.69) is 89.5 Å². The average Bonchev–Trinajstić information content (AvgIpc) is 3.15. The highest BCUT2D eigenvalue weighted by molar-refractivity contribution is 7.99. The minimum absolute atomic E-state index is 0.0674. The van der Waals surface area contributed by atoms with Gasteiger partial charge in [-0.2, -0.15) is 0 Å². The summed E-state index contributed by atoms with van der Waals surface area (Å²) in [5.74, 6) is 1.08. The van der Waals surface area contributed by atoms with Gasteiger partial charge in [0.05, 0.1) is 27.3 Å². The third-order valence-electron chi connectivity index (χ3n) is 5.38. The molecule has 33 heavy (non-hydrogen) atoms. The molecule has 0 bridgehead atoms. The molecule has 0 fully saturated rings. The predicted octanol–water partition coefficient (Wildman–Crippen LogP) is 3.41. The zero-order valence-electron chi connectivity index (χ0n) is 19.5. The van der Waals surface area contributed by atoms with E-state index >= 15 is 0 Å². The van der Waals surface area contributed by atoms with Crippen LogP contribution in [0.25, 0.3) is 12.2 Å². The van der Waals surface area contributed by atoms with E-state index in [1.165, 1.54) is 5.16 Å². The number of nitrogens with one attached hydrogen (secondary N) is 1. The molecule has 0 aliphatic carbocycles. The largest absolute Gasteiger partial charge is 0.395 e. The Kier molecular flexibility index (Phi) is 9.87. The lowest BCUT2D eigenvalue weighted by Crippen LogP contribution is -2.29. The topological polar surface area (TPSA) is 64.5 Å². The van der Waals surface area contributed by atoms with Crippen LogP contribution in [0.2, 0.25) is 0 Å². The fraction of sp³-hybridized carbons (Fsp3) is 0.346. The number of aliphatic hydroxyl groups is 2. The molecule has 2 aromatic carbocycles. The van der Waals surface area contributed by atoms with Crippen LogP contribution in [0.3, 0.4) is 0 Å². The summed E-state index contributed by atoms with van der Waals surface area (Å²) < 4.78 is 4.31. The zero-order valence-corrected chi connectivity index (χ0v) is 20.3. The Bertz CT molecular complexity index is 975. The smallest absolute Gasteiger partial charge is 0.317 e. The fourth-order valence-corrected chi connectivity index (χ4v) is 4.56. The number of anilines is 2. The minimum atomic E-state index is 0.0674. The lowest BCUT2D eigenvalue weighted by molar-refractivity contribution is -0.709. The number of aliphatic hydroxyl groups excluding tert-OH is 2. The van der Waals surface area contributed by atoms with Gasteiger partial charge in [0.1, 0.15) is 12.4 Å². The van der Waals surface area contributed by atoms with Crippen molar-refractivity contribution in [2.45, 2.75) is 11.6 Å². The van der Waals surface area contributed by atoms with Crippen LogP contribution in [-0.4, -0.2) is 53.4 Å². The monoisotopic (exact) mass is 467 g/mol. The predicted molar refractivity (Wildman–Crippen MR) is 139 cm³/mol. The molecule has 0 amide bonds. The fourth-order valence-electron chi connectivity index (χ4n) is 3.56. The summed E-state index contributed by atoms with van der Waals surface area (Å²) in [6.45, 7) is 2.11. The maximum Gasteiger partial charge on any atom is 0.317 e. The van der Waals surface area contributed by atoms with Gasteiger partial charge in [0, 0.05) is 36.8 Å². The molecule has 3 rings (SSSR count). The van der Waals surface area contributed by atoms with Gasteiger partial charge in [-0.3, -0.25) is 0 Å². The SMILES string of the molecule is Cn1cc[n+](C)c1SCCCNc1ccc(C=Cc2ccc(N(CCO)CCO)cc2)cc1. The van der Waals surface area contributed by atoms with Crippen molar-refractivity contribution in [3.63, 3.8) is 0 Å². The number of nitrogens with zero attached hydrogens (tertiary/aromatic N) is 3. The van der Waals surface area contributed by atoms with E-state index in [1.54, 1.807) is 0 Å². The first-order chi connectivity index (χ1) is 16.1. The van der Waals surface area contributed by atoms with Crippen LogP contribution >= 0.6 is 11.8 Å². The molecule has 0 atom stereocenters. The lowest BCUT2D eigenvalue weighted by atomic mass is 10.1. The highest BCUT2D eigenvalue weighted by Gasteiger charge is 2.11. The normalized spacial score (nSPS) is 11.3. The van der Waals surface area contributed by atoms with Gasteiger partial charge >= 0.3 is 5.16 Å². The Hall–Kier alpha value is -2.74. The second kappa shape index (κ2) is 13.1. The molecule has 3 N–H and O–H groups in total. The van der Waals surface area contributed by atoms with Crippen LogP contribution < -0.4 is 14.8 Å². The Morgan fingerprint density at radius 2 is 1.58 bits per heavy atom. The third kappa shape index (κ3) is 7.67. The molecule has 0 radical (unpaired) electrons. The minimum Gasteiger partial charge on any atom is -0.395 e. The molecule has 0 saturated heterocycles. The van der Waals surface area contributed by atoms with Crippen molar-refractivity contribution in [3.8, 4) is 0 Å². The Labute approximate surface area is 201 Å². The summed E-state index contributed by atoms with van der Waals surface area (Å²) in [7, 11) is 4.16. The molecular formula is C26H35N4O2S+. The van der Waals surface area contributed by atoms with E-state index in [0.29, 0.717) is 13.1 Å². The highest BCUT2D eigenvalue weighted by atomic mass is 32.2. The van der Waals surface area contributed by atoms with Crippen LogP contribution in [0.15, 0.2) is 66.1 Å². The van der Waals surface area contributed by atoms with E-state index in [-0.39, 0.29) is 13.2 Å².